The van der Waals surface area contributed by atoms with Crippen LogP contribution in [0.2, 0.25) is 0 Å². The lowest BCUT2D eigenvalue weighted by Gasteiger charge is -2.18. The number of rotatable bonds is 1. The molecule has 1 aliphatic heterocycles. The number of aromatic nitrogens is 2. The van der Waals surface area contributed by atoms with E-state index < -0.39 is 6.23 Å². The van der Waals surface area contributed by atoms with Gasteiger partial charge in [-0.3, -0.25) is 4.79 Å². The number of likely N-dealkylation sites (tertiary alicyclic amines) is 1. The molecule has 2 N–H and O–H groups in total. The Labute approximate surface area is 152 Å². The van der Waals surface area contributed by atoms with Gasteiger partial charge in [0.05, 0.1) is 0 Å². The number of H-pyrrole nitrogens is 1. The molecule has 0 aromatic carbocycles. The van der Waals surface area contributed by atoms with Crippen LogP contribution in [0.3, 0.4) is 0 Å². The minimum atomic E-state index is -0.426. The monoisotopic (exact) mass is 349 g/mol. The molecule has 0 spiro atoms. The Kier molecular flexibility index (Phi) is 5.49. The Hall–Kier alpha value is -2.92. The van der Waals surface area contributed by atoms with Gasteiger partial charge in [-0.25, -0.2) is 4.98 Å². The van der Waals surface area contributed by atoms with E-state index in [1.807, 2.05) is 42.3 Å². The fraction of sp³-hybridized carbons (Fsp3) is 0.238. The molecule has 26 heavy (non-hydrogen) atoms. The number of pyridine rings is 2. The van der Waals surface area contributed by atoms with E-state index >= 15 is 0 Å². The van der Waals surface area contributed by atoms with Gasteiger partial charge in [0.15, 0.2) is 0 Å². The van der Waals surface area contributed by atoms with Gasteiger partial charge in [-0.1, -0.05) is 43.4 Å². The van der Waals surface area contributed by atoms with Crippen LogP contribution < -0.4 is 5.56 Å². The topological polar surface area (TPSA) is 69.2 Å². The number of nitrogens with zero attached hydrogens (tertiary/aromatic N) is 2. The summed E-state index contributed by atoms with van der Waals surface area (Å²) in [5.74, 6) is 0.114. The van der Waals surface area contributed by atoms with E-state index in [0.717, 1.165) is 17.5 Å². The molecule has 0 amide bonds. The summed E-state index contributed by atoms with van der Waals surface area (Å²) >= 11 is 0. The molecule has 4 rings (SSSR count). The van der Waals surface area contributed by atoms with Crippen molar-refractivity contribution in [3.8, 4) is 0 Å². The molecule has 5 nitrogen and oxygen atoms in total. The number of nitrogens with one attached hydrogen (secondary N) is 1. The van der Waals surface area contributed by atoms with Crippen molar-refractivity contribution in [2.24, 2.45) is 5.92 Å². The molecular weight excluding hydrogens is 326 g/mol. The van der Waals surface area contributed by atoms with Crippen molar-refractivity contribution in [2.75, 3.05) is 7.05 Å². The first-order valence-corrected chi connectivity index (χ1v) is 8.72. The lowest BCUT2D eigenvalue weighted by molar-refractivity contribution is 0.0493. The first-order valence-electron chi connectivity index (χ1n) is 8.72. The van der Waals surface area contributed by atoms with Gasteiger partial charge in [0, 0.05) is 36.3 Å². The molecule has 1 fully saturated rings. The van der Waals surface area contributed by atoms with Gasteiger partial charge < -0.3 is 15.0 Å². The minimum absolute atomic E-state index is 0.114. The number of aliphatic hydroxyl groups is 1. The van der Waals surface area contributed by atoms with Crippen LogP contribution in [0, 0.1) is 5.92 Å². The molecule has 0 bridgehead atoms. The predicted molar refractivity (Wildman–Crippen MR) is 104 cm³/mol. The molecule has 3 heterocycles. The van der Waals surface area contributed by atoms with Gasteiger partial charge in [-0.05, 0) is 30.2 Å². The maximum atomic E-state index is 10.8. The van der Waals surface area contributed by atoms with E-state index in [2.05, 4.69) is 35.1 Å². The summed E-state index contributed by atoms with van der Waals surface area (Å²) in [4.78, 5) is 19.3. The van der Waals surface area contributed by atoms with E-state index in [9.17, 15) is 9.90 Å². The van der Waals surface area contributed by atoms with Crippen LogP contribution in [-0.4, -0.2) is 33.2 Å². The molecule has 0 saturated carbocycles. The second kappa shape index (κ2) is 7.97. The molecule has 1 aliphatic carbocycles. The summed E-state index contributed by atoms with van der Waals surface area (Å²) in [6.07, 6.45) is 14.6. The van der Waals surface area contributed by atoms with Crippen molar-refractivity contribution < 1.29 is 5.11 Å². The van der Waals surface area contributed by atoms with E-state index in [1.54, 1.807) is 12.3 Å². The van der Waals surface area contributed by atoms with Crippen LogP contribution in [0.5, 0.6) is 0 Å². The summed E-state index contributed by atoms with van der Waals surface area (Å²) in [7, 11) is 1.94. The number of hydrogen-bond donors (Lipinski definition) is 2. The molecule has 0 radical (unpaired) electrons. The van der Waals surface area contributed by atoms with E-state index in [-0.39, 0.29) is 11.5 Å². The average Bonchev–Trinajstić information content (AvgIpc) is 2.83. The molecule has 2 aliphatic rings. The third-order valence-electron chi connectivity index (χ3n) is 4.46. The maximum Gasteiger partial charge on any atom is 0.249 e. The quantitative estimate of drug-likeness (QED) is 0.830. The highest BCUT2D eigenvalue weighted by Gasteiger charge is 2.35. The van der Waals surface area contributed by atoms with Crippen LogP contribution in [0.25, 0.3) is 11.0 Å². The highest BCUT2D eigenvalue weighted by atomic mass is 16.3. The highest BCUT2D eigenvalue weighted by molar-refractivity contribution is 5.73. The molecule has 2 aromatic rings. The summed E-state index contributed by atoms with van der Waals surface area (Å²) in [5, 5.41) is 11.0. The van der Waals surface area contributed by atoms with Crippen LogP contribution in [0.15, 0.2) is 83.0 Å². The molecule has 2 aromatic heterocycles. The number of allylic oxidation sites excluding steroid dienone is 6. The summed E-state index contributed by atoms with van der Waals surface area (Å²) in [6, 6.07) is 6.98. The maximum absolute atomic E-state index is 10.8. The number of hydrogen-bond acceptors (Lipinski definition) is 4. The molecule has 2 atom stereocenters. The SMILES string of the molecule is CC/C=C1\C2=CC=CC=CC2C(O)N1C.O=c1ccc2cccnc2[nH]1. The largest absolute Gasteiger partial charge is 0.373 e. The van der Waals surface area contributed by atoms with Crippen molar-refractivity contribution >= 4 is 11.0 Å². The molecule has 5 heteroatoms. The van der Waals surface area contributed by atoms with Crippen LogP contribution in [-0.2, 0) is 0 Å². The lowest BCUT2D eigenvalue weighted by atomic mass is 9.99. The van der Waals surface area contributed by atoms with Crippen molar-refractivity contribution in [1.29, 1.82) is 0 Å². The van der Waals surface area contributed by atoms with Crippen LogP contribution in [0.4, 0.5) is 0 Å². The second-order valence-electron chi connectivity index (χ2n) is 6.20. The zero-order valence-corrected chi connectivity index (χ0v) is 15.0. The van der Waals surface area contributed by atoms with E-state index in [0.29, 0.717) is 5.65 Å². The van der Waals surface area contributed by atoms with Crippen molar-refractivity contribution in [3.63, 3.8) is 0 Å². The first kappa shape index (κ1) is 17.9. The standard InChI is InChI=1S/C13H17NO.C8H6N2O/c1-3-7-12-10-8-5-4-6-9-11(10)13(15)14(12)2;11-7-4-3-6-2-1-5-9-8(6)10-7/h4-9,11,13,15H,3H2,1-2H3;1-5H,(H,9,10,11)/b12-7+;. The Morgan fingerprint density at radius 2 is 2.12 bits per heavy atom. The third-order valence-corrected chi connectivity index (χ3v) is 4.46. The summed E-state index contributed by atoms with van der Waals surface area (Å²) in [5.41, 5.74) is 2.90. The van der Waals surface area contributed by atoms with Crippen LogP contribution >= 0.6 is 0 Å². The summed E-state index contributed by atoms with van der Waals surface area (Å²) < 4.78 is 0. The number of aromatic amines is 1. The predicted octanol–water partition coefficient (Wildman–Crippen LogP) is 3.14. The van der Waals surface area contributed by atoms with Gasteiger partial charge >= 0.3 is 0 Å². The number of fused-ring (bicyclic) bond motifs is 2. The minimum Gasteiger partial charge on any atom is -0.373 e. The van der Waals surface area contributed by atoms with Crippen molar-refractivity contribution in [2.45, 2.75) is 19.6 Å². The number of likely N-dealkylation sites (N-methyl/N-ethyl adjacent to an activating group) is 1. The van der Waals surface area contributed by atoms with Crippen LogP contribution in [0.1, 0.15) is 13.3 Å². The third kappa shape index (κ3) is 3.68. The van der Waals surface area contributed by atoms with Crippen molar-refractivity contribution in [1.82, 2.24) is 14.9 Å². The average molecular weight is 349 g/mol. The fourth-order valence-corrected chi connectivity index (χ4v) is 3.16. The smallest absolute Gasteiger partial charge is 0.249 e. The Bertz CT molecular complexity index is 953. The van der Waals surface area contributed by atoms with Gasteiger partial charge in [-0.15, -0.1) is 0 Å². The summed E-state index contributed by atoms with van der Waals surface area (Å²) in [6.45, 7) is 2.11. The van der Waals surface area contributed by atoms with Gasteiger partial charge in [0.2, 0.25) is 5.56 Å². The lowest BCUT2D eigenvalue weighted by Crippen LogP contribution is -2.27. The zero-order valence-electron chi connectivity index (χ0n) is 15.0. The molecule has 1 saturated heterocycles. The van der Waals surface area contributed by atoms with Gasteiger partial charge in [-0.2, -0.15) is 0 Å². The number of aliphatic hydroxyl groups excluding tert-OH is 1. The first-order chi connectivity index (χ1) is 12.6. The Morgan fingerprint density at radius 1 is 1.27 bits per heavy atom. The molecular formula is C21H23N3O2. The van der Waals surface area contributed by atoms with Gasteiger partial charge in [0.1, 0.15) is 11.9 Å². The van der Waals surface area contributed by atoms with Crippen molar-refractivity contribution in [3.05, 3.63) is 88.5 Å². The second-order valence-corrected chi connectivity index (χ2v) is 6.20. The van der Waals surface area contributed by atoms with Gasteiger partial charge in [0.25, 0.3) is 0 Å². The fourth-order valence-electron chi connectivity index (χ4n) is 3.16. The zero-order chi connectivity index (χ0) is 18.5. The van der Waals surface area contributed by atoms with E-state index in [4.69, 9.17) is 0 Å². The highest BCUT2D eigenvalue weighted by Crippen LogP contribution is 2.37. The molecule has 134 valence electrons. The molecule has 2 unspecified atom stereocenters. The Morgan fingerprint density at radius 3 is 2.92 bits per heavy atom. The Balaban J connectivity index is 0.000000158. The normalized spacial score (nSPS) is 22.7. The van der Waals surface area contributed by atoms with E-state index in [1.165, 1.54) is 11.6 Å².